The summed E-state index contributed by atoms with van der Waals surface area (Å²) in [5.41, 5.74) is 1.62. The van der Waals surface area contributed by atoms with Gasteiger partial charge in [0.1, 0.15) is 5.75 Å². The maximum Gasteiger partial charge on any atom is 0.256 e. The highest BCUT2D eigenvalue weighted by Gasteiger charge is 2.39. The summed E-state index contributed by atoms with van der Waals surface area (Å²) in [5.74, 6) is 0.744. The lowest BCUT2D eigenvalue weighted by Gasteiger charge is -2.30. The fraction of sp³-hybridized carbons (Fsp3) is 0.417. The van der Waals surface area contributed by atoms with Gasteiger partial charge >= 0.3 is 0 Å². The van der Waals surface area contributed by atoms with E-state index in [9.17, 15) is 4.79 Å². The quantitative estimate of drug-likeness (QED) is 0.823. The summed E-state index contributed by atoms with van der Waals surface area (Å²) in [6, 6.07) is 3.71. The molecule has 0 aliphatic carbocycles. The number of fused-ring (bicyclic) bond motifs is 3. The number of hydrogen-bond acceptors (Lipinski definition) is 3. The molecule has 2 aliphatic heterocycles. The number of halogens is 1. The average Bonchev–Trinajstić information content (AvgIpc) is 2.64. The molecule has 0 aromatic heterocycles. The minimum Gasteiger partial charge on any atom is -0.497 e. The molecule has 1 atom stereocenters. The van der Waals surface area contributed by atoms with Crippen molar-refractivity contribution >= 4 is 17.5 Å². The fourth-order valence-corrected chi connectivity index (χ4v) is 2.87. The first-order valence-corrected chi connectivity index (χ1v) is 5.99. The van der Waals surface area contributed by atoms with Crippen LogP contribution in [0.2, 0.25) is 5.02 Å². The van der Waals surface area contributed by atoms with Crippen molar-refractivity contribution in [2.45, 2.75) is 6.04 Å². The molecule has 90 valence electrons. The van der Waals surface area contributed by atoms with Gasteiger partial charge in [0.05, 0.1) is 23.7 Å². The van der Waals surface area contributed by atoms with Crippen molar-refractivity contribution in [1.82, 2.24) is 10.2 Å². The lowest BCUT2D eigenvalue weighted by Crippen LogP contribution is -2.44. The maximum absolute atomic E-state index is 12.2. The largest absolute Gasteiger partial charge is 0.497 e. The van der Waals surface area contributed by atoms with Crippen LogP contribution in [0.5, 0.6) is 5.75 Å². The summed E-state index contributed by atoms with van der Waals surface area (Å²) >= 11 is 6.17. The molecule has 1 fully saturated rings. The Labute approximate surface area is 104 Å². The van der Waals surface area contributed by atoms with Crippen molar-refractivity contribution < 1.29 is 9.53 Å². The summed E-state index contributed by atoms with van der Waals surface area (Å²) in [5, 5.41) is 3.78. The molecule has 5 heteroatoms. The molecule has 1 saturated heterocycles. The van der Waals surface area contributed by atoms with Crippen LogP contribution in [0.3, 0.4) is 0 Å². The predicted molar refractivity (Wildman–Crippen MR) is 64.7 cm³/mol. The molecule has 0 saturated carbocycles. The molecule has 2 aliphatic rings. The van der Waals surface area contributed by atoms with Crippen LogP contribution >= 0.6 is 11.6 Å². The van der Waals surface area contributed by atoms with Gasteiger partial charge in [-0.2, -0.15) is 0 Å². The van der Waals surface area contributed by atoms with E-state index in [1.165, 1.54) is 0 Å². The molecule has 1 aromatic carbocycles. The monoisotopic (exact) mass is 252 g/mol. The molecule has 1 N–H and O–H groups in total. The molecule has 1 amide bonds. The molecule has 1 aromatic rings. The molecule has 2 heterocycles. The fourth-order valence-electron chi connectivity index (χ4n) is 2.58. The summed E-state index contributed by atoms with van der Waals surface area (Å²) < 4.78 is 5.20. The van der Waals surface area contributed by atoms with Crippen LogP contribution in [0.4, 0.5) is 0 Å². The molecule has 0 spiro atoms. The van der Waals surface area contributed by atoms with E-state index in [1.807, 2.05) is 11.0 Å². The number of piperazine rings is 1. The van der Waals surface area contributed by atoms with Crippen LogP contribution in [0.1, 0.15) is 22.0 Å². The maximum atomic E-state index is 12.2. The average molecular weight is 253 g/mol. The van der Waals surface area contributed by atoms with E-state index in [0.29, 0.717) is 16.3 Å². The Bertz CT molecular complexity index is 490. The Kier molecular flexibility index (Phi) is 2.49. The van der Waals surface area contributed by atoms with Crippen LogP contribution in [0.15, 0.2) is 12.1 Å². The van der Waals surface area contributed by atoms with Crippen molar-refractivity contribution in [1.29, 1.82) is 0 Å². The second kappa shape index (κ2) is 3.89. The van der Waals surface area contributed by atoms with Gasteiger partial charge in [0, 0.05) is 19.6 Å². The number of hydrogen-bond donors (Lipinski definition) is 1. The molecule has 0 unspecified atom stereocenters. The molecule has 0 bridgehead atoms. The van der Waals surface area contributed by atoms with Crippen LogP contribution in [-0.2, 0) is 0 Å². The van der Waals surface area contributed by atoms with Gasteiger partial charge in [0.2, 0.25) is 0 Å². The lowest BCUT2D eigenvalue weighted by atomic mass is 10.0. The number of carbonyl (C=O) groups excluding carboxylic acids is 1. The zero-order valence-corrected chi connectivity index (χ0v) is 10.3. The van der Waals surface area contributed by atoms with E-state index in [-0.39, 0.29) is 11.9 Å². The van der Waals surface area contributed by atoms with Crippen molar-refractivity contribution in [2.24, 2.45) is 0 Å². The Morgan fingerprint density at radius 2 is 2.35 bits per heavy atom. The third-order valence-corrected chi connectivity index (χ3v) is 3.71. The SMILES string of the molecule is COc1cc(Cl)c2c(c1)[C@H]1CNCCN1C2=O. The molecule has 4 nitrogen and oxygen atoms in total. The van der Waals surface area contributed by atoms with Gasteiger partial charge in [0.25, 0.3) is 5.91 Å². The Morgan fingerprint density at radius 1 is 1.53 bits per heavy atom. The molecule has 0 radical (unpaired) electrons. The number of benzene rings is 1. The van der Waals surface area contributed by atoms with E-state index in [4.69, 9.17) is 16.3 Å². The Balaban J connectivity index is 2.14. The summed E-state index contributed by atoms with van der Waals surface area (Å²) in [6.07, 6.45) is 0. The number of nitrogens with zero attached hydrogens (tertiary/aromatic N) is 1. The Morgan fingerprint density at radius 3 is 3.12 bits per heavy atom. The summed E-state index contributed by atoms with van der Waals surface area (Å²) in [7, 11) is 1.60. The lowest BCUT2D eigenvalue weighted by molar-refractivity contribution is 0.0691. The van der Waals surface area contributed by atoms with Crippen LogP contribution < -0.4 is 10.1 Å². The minimum atomic E-state index is 0.0409. The van der Waals surface area contributed by atoms with Gasteiger partial charge in [-0.1, -0.05) is 11.6 Å². The van der Waals surface area contributed by atoms with E-state index < -0.39 is 0 Å². The van der Waals surface area contributed by atoms with Crippen molar-refractivity contribution in [2.75, 3.05) is 26.7 Å². The number of carbonyl (C=O) groups is 1. The van der Waals surface area contributed by atoms with E-state index >= 15 is 0 Å². The highest BCUT2D eigenvalue weighted by atomic mass is 35.5. The topological polar surface area (TPSA) is 41.6 Å². The summed E-state index contributed by atoms with van der Waals surface area (Å²) in [6.45, 7) is 2.35. The first-order chi connectivity index (χ1) is 8.22. The Hall–Kier alpha value is -1.26. The zero-order valence-electron chi connectivity index (χ0n) is 9.50. The van der Waals surface area contributed by atoms with Gasteiger partial charge in [0.15, 0.2) is 0 Å². The van der Waals surface area contributed by atoms with Crippen LogP contribution in [0, 0.1) is 0 Å². The van der Waals surface area contributed by atoms with Crippen molar-refractivity contribution in [3.63, 3.8) is 0 Å². The van der Waals surface area contributed by atoms with Gasteiger partial charge in [-0.05, 0) is 17.7 Å². The normalized spacial score (nSPS) is 22.4. The third-order valence-electron chi connectivity index (χ3n) is 3.41. The minimum absolute atomic E-state index is 0.0409. The van der Waals surface area contributed by atoms with Gasteiger partial charge in [-0.15, -0.1) is 0 Å². The van der Waals surface area contributed by atoms with E-state index in [2.05, 4.69) is 5.32 Å². The van der Waals surface area contributed by atoms with Crippen LogP contribution in [-0.4, -0.2) is 37.6 Å². The number of amides is 1. The number of rotatable bonds is 1. The number of methoxy groups -OCH3 is 1. The third kappa shape index (κ3) is 1.51. The summed E-state index contributed by atoms with van der Waals surface area (Å²) in [4.78, 5) is 14.1. The predicted octanol–water partition coefficient (Wildman–Crippen LogP) is 1.45. The molecular formula is C12H13ClN2O2. The van der Waals surface area contributed by atoms with E-state index in [0.717, 1.165) is 25.2 Å². The first-order valence-electron chi connectivity index (χ1n) is 5.61. The first kappa shape index (κ1) is 10.9. The molecule has 17 heavy (non-hydrogen) atoms. The highest BCUT2D eigenvalue weighted by molar-refractivity contribution is 6.34. The van der Waals surface area contributed by atoms with Crippen LogP contribution in [0.25, 0.3) is 0 Å². The molecule has 3 rings (SSSR count). The second-order valence-electron chi connectivity index (χ2n) is 4.29. The highest BCUT2D eigenvalue weighted by Crippen LogP contribution is 2.40. The smallest absolute Gasteiger partial charge is 0.256 e. The van der Waals surface area contributed by atoms with E-state index in [1.54, 1.807) is 13.2 Å². The number of ether oxygens (including phenoxy) is 1. The zero-order chi connectivity index (χ0) is 12.0. The van der Waals surface area contributed by atoms with Crippen molar-refractivity contribution in [3.05, 3.63) is 28.3 Å². The van der Waals surface area contributed by atoms with Gasteiger partial charge < -0.3 is 15.0 Å². The molecular weight excluding hydrogens is 240 g/mol. The second-order valence-corrected chi connectivity index (χ2v) is 4.70. The standard InChI is InChI=1S/C12H13ClN2O2/c1-17-7-4-8-10-6-14-2-3-15(10)12(16)11(8)9(13)5-7/h4-5,10,14H,2-3,6H2,1H3/t10-/m1/s1. The van der Waals surface area contributed by atoms with Gasteiger partial charge in [-0.3, -0.25) is 4.79 Å². The van der Waals surface area contributed by atoms with Crippen molar-refractivity contribution in [3.8, 4) is 5.75 Å². The van der Waals surface area contributed by atoms with Gasteiger partial charge in [-0.25, -0.2) is 0 Å². The number of nitrogens with one attached hydrogen (secondary N) is 1.